The van der Waals surface area contributed by atoms with Crippen molar-refractivity contribution in [3.8, 4) is 0 Å². The van der Waals surface area contributed by atoms with Gasteiger partial charge in [-0.05, 0) is 50.2 Å². The van der Waals surface area contributed by atoms with Crippen molar-refractivity contribution in [3.05, 3.63) is 83.3 Å². The van der Waals surface area contributed by atoms with E-state index < -0.39 is 0 Å². The van der Waals surface area contributed by atoms with Crippen molar-refractivity contribution in [2.45, 2.75) is 20.0 Å². The number of fused-ring (bicyclic) bond motifs is 1. The molecule has 0 fully saturated rings. The molecule has 0 aliphatic carbocycles. The monoisotopic (exact) mass is 318 g/mol. The summed E-state index contributed by atoms with van der Waals surface area (Å²) in [7, 11) is 0. The van der Waals surface area contributed by atoms with E-state index in [1.54, 1.807) is 4.90 Å². The van der Waals surface area contributed by atoms with Crippen LogP contribution < -0.4 is 10.2 Å². The summed E-state index contributed by atoms with van der Waals surface area (Å²) in [6, 6.07) is 19.3. The molecule has 4 rings (SSSR count). The first-order chi connectivity index (χ1) is 11.6. The molecule has 4 nitrogen and oxygen atoms in total. The lowest BCUT2D eigenvalue weighted by Gasteiger charge is -2.36. The van der Waals surface area contributed by atoms with Gasteiger partial charge in [-0.3, -0.25) is 9.69 Å². The normalized spacial score (nSPS) is 16.7. The van der Waals surface area contributed by atoms with Crippen molar-refractivity contribution >= 4 is 17.3 Å². The van der Waals surface area contributed by atoms with E-state index in [4.69, 9.17) is 4.42 Å². The summed E-state index contributed by atoms with van der Waals surface area (Å²) < 4.78 is 5.81. The highest BCUT2D eigenvalue weighted by Crippen LogP contribution is 2.37. The van der Waals surface area contributed by atoms with E-state index in [0.29, 0.717) is 5.56 Å². The molecule has 1 unspecified atom stereocenters. The zero-order valence-corrected chi connectivity index (χ0v) is 13.6. The summed E-state index contributed by atoms with van der Waals surface area (Å²) in [5.74, 6) is 1.50. The first-order valence-corrected chi connectivity index (χ1v) is 7.95. The van der Waals surface area contributed by atoms with Gasteiger partial charge < -0.3 is 9.73 Å². The smallest absolute Gasteiger partial charge is 0.262 e. The number of nitrogens with one attached hydrogen (secondary N) is 1. The summed E-state index contributed by atoms with van der Waals surface area (Å²) in [6.07, 6.45) is -0.371. The molecule has 1 aliphatic rings. The zero-order chi connectivity index (χ0) is 16.7. The molecule has 24 heavy (non-hydrogen) atoms. The Morgan fingerprint density at radius 1 is 0.958 bits per heavy atom. The molecule has 4 heteroatoms. The molecule has 0 saturated carbocycles. The van der Waals surface area contributed by atoms with Crippen LogP contribution in [0.15, 0.2) is 65.1 Å². The van der Waals surface area contributed by atoms with Crippen LogP contribution in [0.4, 0.5) is 11.4 Å². The number of para-hydroxylation sites is 1. The van der Waals surface area contributed by atoms with Crippen molar-refractivity contribution in [2.24, 2.45) is 0 Å². The van der Waals surface area contributed by atoms with E-state index >= 15 is 0 Å². The van der Waals surface area contributed by atoms with E-state index in [0.717, 1.165) is 28.5 Å². The number of carbonyl (C=O) groups is 1. The van der Waals surface area contributed by atoms with Crippen LogP contribution in [0.25, 0.3) is 0 Å². The number of hydrogen-bond acceptors (Lipinski definition) is 3. The van der Waals surface area contributed by atoms with Crippen molar-refractivity contribution in [3.63, 3.8) is 0 Å². The second-order valence-corrected chi connectivity index (χ2v) is 6.05. The lowest BCUT2D eigenvalue weighted by molar-refractivity contribution is 0.0971. The molecule has 0 bridgehead atoms. The minimum Gasteiger partial charge on any atom is -0.462 e. The maximum atomic E-state index is 13.1. The average Bonchev–Trinajstić information content (AvgIpc) is 3.02. The van der Waals surface area contributed by atoms with Crippen LogP contribution in [0.3, 0.4) is 0 Å². The van der Waals surface area contributed by atoms with Crippen LogP contribution in [0.5, 0.6) is 0 Å². The standard InChI is InChI=1S/C20H18N2O2/c1-13-7-10-15(11-8-13)22-19(18-12-9-14(2)24-18)21-17-6-4-3-5-16(17)20(22)23/h3-12,19,21H,1-2H3. The Labute approximate surface area is 140 Å². The van der Waals surface area contributed by atoms with Gasteiger partial charge in [0.15, 0.2) is 6.17 Å². The second-order valence-electron chi connectivity index (χ2n) is 6.05. The molecule has 0 spiro atoms. The van der Waals surface area contributed by atoms with Gasteiger partial charge in [-0.1, -0.05) is 29.8 Å². The van der Waals surface area contributed by atoms with Crippen molar-refractivity contribution in [1.82, 2.24) is 0 Å². The number of benzene rings is 2. The molecule has 1 aliphatic heterocycles. The van der Waals surface area contributed by atoms with Gasteiger partial charge in [-0.2, -0.15) is 0 Å². The van der Waals surface area contributed by atoms with Gasteiger partial charge in [0.25, 0.3) is 5.91 Å². The fourth-order valence-corrected chi connectivity index (χ4v) is 3.02. The van der Waals surface area contributed by atoms with Gasteiger partial charge in [0.2, 0.25) is 0 Å². The molecule has 0 saturated heterocycles. The Morgan fingerprint density at radius 2 is 1.71 bits per heavy atom. The molecule has 3 aromatic rings. The quantitative estimate of drug-likeness (QED) is 0.747. The van der Waals surface area contributed by atoms with Gasteiger partial charge >= 0.3 is 0 Å². The summed E-state index contributed by atoms with van der Waals surface area (Å²) >= 11 is 0. The van der Waals surface area contributed by atoms with Crippen LogP contribution >= 0.6 is 0 Å². The van der Waals surface area contributed by atoms with Crippen LogP contribution in [0.1, 0.15) is 33.6 Å². The molecule has 2 aromatic carbocycles. The number of anilines is 2. The molecule has 1 N–H and O–H groups in total. The van der Waals surface area contributed by atoms with E-state index in [1.807, 2.05) is 74.5 Å². The van der Waals surface area contributed by atoms with Crippen molar-refractivity contribution < 1.29 is 9.21 Å². The highest BCUT2D eigenvalue weighted by Gasteiger charge is 2.35. The van der Waals surface area contributed by atoms with E-state index in [2.05, 4.69) is 5.32 Å². The Bertz CT molecular complexity index is 896. The number of hydrogen-bond donors (Lipinski definition) is 1. The summed E-state index contributed by atoms with van der Waals surface area (Å²) in [6.45, 7) is 3.93. The summed E-state index contributed by atoms with van der Waals surface area (Å²) in [5, 5.41) is 3.43. The van der Waals surface area contributed by atoms with Crippen LogP contribution in [-0.4, -0.2) is 5.91 Å². The van der Waals surface area contributed by atoms with Crippen LogP contribution in [0.2, 0.25) is 0 Å². The average molecular weight is 318 g/mol. The molecule has 2 heterocycles. The first-order valence-electron chi connectivity index (χ1n) is 7.95. The number of furan rings is 1. The maximum absolute atomic E-state index is 13.1. The van der Waals surface area contributed by atoms with Gasteiger partial charge in [0.1, 0.15) is 11.5 Å². The molecule has 1 amide bonds. The highest BCUT2D eigenvalue weighted by atomic mass is 16.3. The van der Waals surface area contributed by atoms with Gasteiger partial charge in [-0.25, -0.2) is 0 Å². The summed E-state index contributed by atoms with van der Waals surface area (Å²) in [5.41, 5.74) is 3.48. The van der Waals surface area contributed by atoms with Crippen molar-refractivity contribution in [1.29, 1.82) is 0 Å². The Kier molecular flexibility index (Phi) is 3.38. The van der Waals surface area contributed by atoms with Gasteiger partial charge in [-0.15, -0.1) is 0 Å². The number of amides is 1. The van der Waals surface area contributed by atoms with Crippen molar-refractivity contribution in [2.75, 3.05) is 10.2 Å². The Morgan fingerprint density at radius 3 is 2.42 bits per heavy atom. The third-order valence-corrected chi connectivity index (χ3v) is 4.27. The topological polar surface area (TPSA) is 45.5 Å². The Balaban J connectivity index is 1.85. The fourth-order valence-electron chi connectivity index (χ4n) is 3.02. The van der Waals surface area contributed by atoms with Crippen LogP contribution in [-0.2, 0) is 0 Å². The van der Waals surface area contributed by atoms with Gasteiger partial charge in [0.05, 0.1) is 5.56 Å². The van der Waals surface area contributed by atoms with Gasteiger partial charge in [0, 0.05) is 11.4 Å². The predicted molar refractivity (Wildman–Crippen MR) is 94.2 cm³/mol. The minimum atomic E-state index is -0.371. The third-order valence-electron chi connectivity index (χ3n) is 4.27. The fraction of sp³-hybridized carbons (Fsp3) is 0.150. The largest absolute Gasteiger partial charge is 0.462 e. The molecular weight excluding hydrogens is 300 g/mol. The number of carbonyl (C=O) groups excluding carboxylic acids is 1. The maximum Gasteiger partial charge on any atom is 0.262 e. The first kappa shape index (κ1) is 14.6. The number of nitrogens with zero attached hydrogens (tertiary/aromatic N) is 1. The van der Waals surface area contributed by atoms with E-state index in [-0.39, 0.29) is 12.1 Å². The number of aryl methyl sites for hydroxylation is 2. The Hall–Kier alpha value is -3.01. The number of rotatable bonds is 2. The lowest BCUT2D eigenvalue weighted by Crippen LogP contribution is -2.43. The molecular formula is C20H18N2O2. The van der Waals surface area contributed by atoms with E-state index in [1.165, 1.54) is 0 Å². The van der Waals surface area contributed by atoms with Crippen LogP contribution in [0, 0.1) is 13.8 Å². The summed E-state index contributed by atoms with van der Waals surface area (Å²) in [4.78, 5) is 14.9. The molecule has 1 atom stereocenters. The lowest BCUT2D eigenvalue weighted by atomic mass is 10.1. The third kappa shape index (κ3) is 2.36. The van der Waals surface area contributed by atoms with E-state index in [9.17, 15) is 4.79 Å². The molecule has 0 radical (unpaired) electrons. The molecule has 120 valence electrons. The zero-order valence-electron chi connectivity index (χ0n) is 13.6. The predicted octanol–water partition coefficient (Wildman–Crippen LogP) is 4.67. The highest BCUT2D eigenvalue weighted by molar-refractivity contribution is 6.12. The SMILES string of the molecule is Cc1ccc(N2C(=O)c3ccccc3NC2c2ccc(C)o2)cc1. The minimum absolute atomic E-state index is 0.0349. The molecule has 1 aromatic heterocycles. The second kappa shape index (κ2) is 5.57.